The molecule has 0 unspecified atom stereocenters. The number of methoxy groups -OCH3 is 1. The van der Waals surface area contributed by atoms with Gasteiger partial charge in [-0.1, -0.05) is 6.42 Å². The molecule has 2 saturated heterocycles. The van der Waals surface area contributed by atoms with Gasteiger partial charge in [-0.3, -0.25) is 0 Å². The van der Waals surface area contributed by atoms with Crippen molar-refractivity contribution in [2.45, 2.75) is 140 Å². The second-order valence-corrected chi connectivity index (χ2v) is 21.8. The van der Waals surface area contributed by atoms with Gasteiger partial charge in [-0.05, 0) is 25.3 Å². The molecule has 310 valence electrons. The van der Waals surface area contributed by atoms with E-state index in [4.69, 9.17) is 24.2 Å². The number of sulfonamides is 1. The van der Waals surface area contributed by atoms with Crippen LogP contribution in [0.15, 0.2) is 30.4 Å². The van der Waals surface area contributed by atoms with Crippen LogP contribution >= 0.6 is 0 Å². The summed E-state index contributed by atoms with van der Waals surface area (Å²) in [5.74, 6) is -0.560. The van der Waals surface area contributed by atoms with Gasteiger partial charge in [-0.15, -0.1) is 0 Å². The maximum absolute atomic E-state index is 14.7. The fourth-order valence-corrected chi connectivity index (χ4v) is 13.1. The van der Waals surface area contributed by atoms with Gasteiger partial charge in [0.25, 0.3) is 0 Å². The number of aromatic nitrogens is 2. The Morgan fingerprint density at radius 1 is 0.965 bits per heavy atom. The average molecular weight is 920 g/mol. The molecule has 57 heavy (non-hydrogen) atoms. The van der Waals surface area contributed by atoms with E-state index in [1.807, 2.05) is 24.3 Å². The van der Waals surface area contributed by atoms with Crippen LogP contribution in [0.5, 0.6) is 11.6 Å². The number of carbonyl (C=O) groups excluding carboxylic acids is 4. The van der Waals surface area contributed by atoms with E-state index in [2.05, 4.69) is 15.4 Å². The van der Waals surface area contributed by atoms with Crippen LogP contribution in [-0.2, 0) is 35.6 Å². The number of hydrogen-bond donors (Lipinski definition) is 3. The number of aryl methyl sites for hydroxylation is 1. The first kappa shape index (κ1) is 40.1. The quantitative estimate of drug-likeness (QED) is 0.170. The molecule has 4 aliphatic heterocycles. The first-order valence-electron chi connectivity index (χ1n) is 20.5. The molecule has 4 fully saturated rings. The van der Waals surface area contributed by atoms with Crippen LogP contribution in [-0.4, -0.2) is 97.8 Å². The first-order chi connectivity index (χ1) is 27.5. The van der Waals surface area contributed by atoms with E-state index in [-0.39, 0.29) is 28.9 Å². The van der Waals surface area contributed by atoms with Crippen LogP contribution in [0.1, 0.15) is 102 Å². The number of fused-ring (bicyclic) bond motifs is 6. The zero-order valence-corrected chi connectivity index (χ0v) is 35.2. The van der Waals surface area contributed by atoms with Gasteiger partial charge in [0.1, 0.15) is 0 Å². The maximum atomic E-state index is 14.7. The topological polar surface area (TPSA) is 195 Å². The summed E-state index contributed by atoms with van der Waals surface area (Å²) in [6.07, 6.45) is 13.8. The van der Waals surface area contributed by atoms with Crippen LogP contribution in [0, 0.1) is 5.92 Å². The van der Waals surface area contributed by atoms with Crippen LogP contribution in [0.3, 0.4) is 0 Å². The van der Waals surface area contributed by atoms with Gasteiger partial charge in [0.05, 0.1) is 7.11 Å². The number of carbonyl (C=O) groups is 4. The minimum atomic E-state index is -3.87. The van der Waals surface area contributed by atoms with Crippen molar-refractivity contribution in [1.29, 1.82) is 0 Å². The summed E-state index contributed by atoms with van der Waals surface area (Å²) < 4.78 is 44.5. The number of alkyl halides is 2. The number of amides is 4. The molecule has 15 nitrogen and oxygen atoms in total. The molecule has 5 heterocycles. The Morgan fingerprint density at radius 2 is 1.77 bits per heavy atom. The fraction of sp³-hybridized carbons (Fsp3) is 0.650. The standard InChI is InChI=1S/C40H52IN6O9S/c1-54-25-17-20-28-31(21-25)43-36-29(42-28)13-8-5-6-11-24-12-10-15-33(24)56-39(51)44-30-14-7-3-2-4-9-16-34-40(41-34,38(50)46-57(52,53)27-18-19-27)45-35(48)32-22-26(55-36)23-47(32)37(30)49/h9,16-17,20-21,24,26-27,30,32-34H,2-8,10-15,18-19,22-23H2,1H3,(H,44,51)(H,45,48)(H,46,50)/q-1/b16-9-/t24-,26-,30+,32+,33-,34+,40-/m1/s1. The molecule has 17 heteroatoms. The molecular formula is C40H52IN6O9S-. The van der Waals surface area contributed by atoms with E-state index >= 15 is 0 Å². The van der Waals surface area contributed by atoms with Crippen molar-refractivity contribution in [2.24, 2.45) is 5.92 Å². The molecule has 0 radical (unpaired) electrons. The van der Waals surface area contributed by atoms with Crippen molar-refractivity contribution in [3.05, 3.63) is 36.0 Å². The van der Waals surface area contributed by atoms with Crippen molar-refractivity contribution in [2.75, 3.05) is 13.7 Å². The molecular weight excluding hydrogens is 867 g/mol. The monoisotopic (exact) mass is 919 g/mol. The molecule has 3 N–H and O–H groups in total. The van der Waals surface area contributed by atoms with E-state index in [0.717, 1.165) is 64.2 Å². The predicted molar refractivity (Wildman–Crippen MR) is 204 cm³/mol. The third-order valence-electron chi connectivity index (χ3n) is 12.1. The molecule has 3 bridgehead atoms. The molecule has 1 aromatic carbocycles. The second kappa shape index (κ2) is 16.9. The number of hydrogen-bond acceptors (Lipinski definition) is 11. The predicted octanol–water partition coefficient (Wildman–Crippen LogP) is 0.779. The number of nitrogens with one attached hydrogen (secondary N) is 3. The van der Waals surface area contributed by atoms with E-state index in [0.29, 0.717) is 60.5 Å². The molecule has 1 aromatic heterocycles. The van der Waals surface area contributed by atoms with E-state index in [1.165, 1.54) is 4.90 Å². The van der Waals surface area contributed by atoms with Crippen molar-refractivity contribution in [3.8, 4) is 11.6 Å². The zero-order valence-electron chi connectivity index (χ0n) is 32.3. The number of rotatable bonds is 4. The number of nitrogens with zero attached hydrogens (tertiary/aromatic N) is 3. The molecule has 6 aliphatic rings. The molecule has 2 saturated carbocycles. The Labute approximate surface area is 343 Å². The number of ether oxygens (including phenoxy) is 3. The summed E-state index contributed by atoms with van der Waals surface area (Å²) in [6, 6.07) is 3.45. The Balaban J connectivity index is 1.14. The number of benzene rings is 1. The number of alkyl carbamates (subject to hydrolysis) is 1. The Bertz CT molecular complexity index is 2030. The van der Waals surface area contributed by atoms with Crippen LogP contribution in [0.4, 0.5) is 4.79 Å². The van der Waals surface area contributed by atoms with E-state index in [1.54, 1.807) is 13.2 Å². The van der Waals surface area contributed by atoms with Crippen molar-refractivity contribution < 1.29 is 63.0 Å². The van der Waals surface area contributed by atoms with Crippen molar-refractivity contribution >= 4 is 44.9 Å². The van der Waals surface area contributed by atoms with Crippen molar-refractivity contribution in [1.82, 2.24) is 30.2 Å². The third kappa shape index (κ3) is 8.98. The summed E-state index contributed by atoms with van der Waals surface area (Å²) in [5.41, 5.74) is 1.96. The molecule has 2 aromatic rings. The van der Waals surface area contributed by atoms with Crippen LogP contribution in [0.25, 0.3) is 11.0 Å². The summed E-state index contributed by atoms with van der Waals surface area (Å²) in [4.78, 5) is 67.9. The van der Waals surface area contributed by atoms with E-state index < -0.39 is 82.0 Å². The van der Waals surface area contributed by atoms with Gasteiger partial charge in [-0.25, -0.2) is 0 Å². The fourth-order valence-electron chi connectivity index (χ4n) is 8.69. The average Bonchev–Trinajstić information content (AvgIpc) is 4.08. The van der Waals surface area contributed by atoms with E-state index in [9.17, 15) is 27.6 Å². The zero-order chi connectivity index (χ0) is 39.7. The Kier molecular flexibility index (Phi) is 11.8. The Hall–Kier alpha value is -3.74. The minimum absolute atomic E-state index is 0.0136. The molecule has 8 rings (SSSR count). The van der Waals surface area contributed by atoms with Gasteiger partial charge in [0.15, 0.2) is 0 Å². The summed E-state index contributed by atoms with van der Waals surface area (Å²) in [7, 11) is -2.29. The summed E-state index contributed by atoms with van der Waals surface area (Å²) in [5, 5.41) is 5.25. The van der Waals surface area contributed by atoms with Crippen molar-refractivity contribution in [3.63, 3.8) is 0 Å². The molecule has 0 spiro atoms. The molecule has 4 amide bonds. The summed E-state index contributed by atoms with van der Waals surface area (Å²) >= 11 is -1.01. The molecule has 7 atom stereocenters. The van der Waals surface area contributed by atoms with Gasteiger partial charge in [0, 0.05) is 0 Å². The summed E-state index contributed by atoms with van der Waals surface area (Å²) in [6.45, 7) is 0.0136. The van der Waals surface area contributed by atoms with Gasteiger partial charge in [-0.2, -0.15) is 0 Å². The van der Waals surface area contributed by atoms with Crippen LogP contribution < -0.4 is 46.0 Å². The third-order valence-corrected chi connectivity index (χ3v) is 17.7. The Morgan fingerprint density at radius 3 is 2.60 bits per heavy atom. The van der Waals surface area contributed by atoms with Gasteiger partial charge < -0.3 is 4.74 Å². The second-order valence-electron chi connectivity index (χ2n) is 16.2. The molecule has 2 aliphatic carbocycles. The number of halogens is 1. The SMILES string of the molecule is COc1ccc2nc3c(nc2c1)O[C@@H]1C[C@H]2C(=O)N[C@]4(C(=O)NS(=O)(=O)C5CC5)[I-][C@H]4/C=C\CCCCC[C@H](NC(=O)O[C@@H]4CCC[C@H]4CCCCC3)C(=O)N2C1. The number of allylic oxidation sites excluding steroid dienone is 1. The van der Waals surface area contributed by atoms with Gasteiger partial charge >= 0.3 is 302 Å². The normalized spacial score (nSPS) is 32.2. The first-order valence-corrected chi connectivity index (χ1v) is 24.4. The van der Waals surface area contributed by atoms with Crippen LogP contribution in [0.2, 0.25) is 0 Å². The van der Waals surface area contributed by atoms with Gasteiger partial charge in [0.2, 0.25) is 0 Å².